The van der Waals surface area contributed by atoms with Crippen molar-refractivity contribution in [2.24, 2.45) is 0 Å². The summed E-state index contributed by atoms with van der Waals surface area (Å²) < 4.78 is 7.44. The van der Waals surface area contributed by atoms with E-state index < -0.39 is 0 Å². The zero-order valence-corrected chi connectivity index (χ0v) is 16.7. The van der Waals surface area contributed by atoms with Gasteiger partial charge in [-0.2, -0.15) is 9.50 Å². The SMILES string of the molecule is Cc1nc2nc(N(Cc3ccc(Br)cc3)C(=O)c3ccco3)[nH]n2c(=O)c1C. The highest BCUT2D eigenvalue weighted by atomic mass is 79.9. The summed E-state index contributed by atoms with van der Waals surface area (Å²) in [6, 6.07) is 10.8. The Kier molecular flexibility index (Phi) is 4.60. The number of carbonyl (C=O) groups is 1. The lowest BCUT2D eigenvalue weighted by molar-refractivity contribution is 0.0956. The van der Waals surface area contributed by atoms with Gasteiger partial charge in [-0.3, -0.25) is 19.6 Å². The Morgan fingerprint density at radius 2 is 1.96 bits per heavy atom. The average Bonchev–Trinajstić information content (AvgIpc) is 3.35. The van der Waals surface area contributed by atoms with Crippen LogP contribution in [-0.4, -0.2) is 25.5 Å². The van der Waals surface area contributed by atoms with Crippen molar-refractivity contribution in [3.63, 3.8) is 0 Å². The second kappa shape index (κ2) is 7.08. The van der Waals surface area contributed by atoms with E-state index in [1.54, 1.807) is 26.0 Å². The van der Waals surface area contributed by atoms with Gasteiger partial charge in [-0.25, -0.2) is 4.98 Å². The molecule has 0 aliphatic rings. The van der Waals surface area contributed by atoms with Gasteiger partial charge in [0.1, 0.15) is 0 Å². The summed E-state index contributed by atoms with van der Waals surface area (Å²) >= 11 is 3.40. The quantitative estimate of drug-likeness (QED) is 0.524. The lowest BCUT2D eigenvalue weighted by Gasteiger charge is -2.18. The van der Waals surface area contributed by atoms with E-state index in [0.29, 0.717) is 11.3 Å². The minimum absolute atomic E-state index is 0.172. The number of anilines is 1. The number of H-pyrrole nitrogens is 1. The third kappa shape index (κ3) is 3.24. The predicted molar refractivity (Wildman–Crippen MR) is 106 cm³/mol. The number of carbonyl (C=O) groups excluding carboxylic acids is 1. The molecule has 0 saturated heterocycles. The Morgan fingerprint density at radius 1 is 1.21 bits per heavy atom. The summed E-state index contributed by atoms with van der Waals surface area (Å²) in [5, 5.41) is 2.89. The number of benzene rings is 1. The van der Waals surface area contributed by atoms with Crippen molar-refractivity contribution in [1.82, 2.24) is 19.6 Å². The number of nitrogens with one attached hydrogen (secondary N) is 1. The fourth-order valence-electron chi connectivity index (χ4n) is 2.76. The Bertz CT molecular complexity index is 1210. The summed E-state index contributed by atoms with van der Waals surface area (Å²) in [6.45, 7) is 3.68. The van der Waals surface area contributed by atoms with E-state index in [-0.39, 0.29) is 35.5 Å². The second-order valence-electron chi connectivity index (χ2n) is 6.31. The van der Waals surface area contributed by atoms with Gasteiger partial charge >= 0.3 is 0 Å². The zero-order valence-electron chi connectivity index (χ0n) is 15.1. The van der Waals surface area contributed by atoms with E-state index in [0.717, 1.165) is 10.0 Å². The summed E-state index contributed by atoms with van der Waals surface area (Å²) in [6.07, 6.45) is 1.43. The van der Waals surface area contributed by atoms with E-state index in [4.69, 9.17) is 4.42 Å². The first-order valence-electron chi connectivity index (χ1n) is 8.50. The first-order valence-corrected chi connectivity index (χ1v) is 9.29. The molecular formula is C19H16BrN5O3. The number of aryl methyl sites for hydroxylation is 1. The maximum Gasteiger partial charge on any atom is 0.296 e. The summed E-state index contributed by atoms with van der Waals surface area (Å²) in [4.78, 5) is 35.7. The number of aromatic nitrogens is 4. The van der Waals surface area contributed by atoms with Gasteiger partial charge in [0.25, 0.3) is 17.2 Å². The Balaban J connectivity index is 1.81. The molecule has 0 aliphatic carbocycles. The van der Waals surface area contributed by atoms with E-state index in [1.165, 1.54) is 15.7 Å². The maximum absolute atomic E-state index is 13.0. The molecule has 8 nitrogen and oxygen atoms in total. The van der Waals surface area contributed by atoms with Crippen molar-refractivity contribution in [3.05, 3.63) is 80.1 Å². The first kappa shape index (κ1) is 18.2. The summed E-state index contributed by atoms with van der Waals surface area (Å²) in [7, 11) is 0. The summed E-state index contributed by atoms with van der Waals surface area (Å²) in [5.41, 5.74) is 1.75. The molecule has 1 amide bonds. The smallest absolute Gasteiger partial charge is 0.296 e. The van der Waals surface area contributed by atoms with E-state index in [1.807, 2.05) is 24.3 Å². The van der Waals surface area contributed by atoms with Gasteiger partial charge in [0.15, 0.2) is 5.76 Å². The highest BCUT2D eigenvalue weighted by molar-refractivity contribution is 9.10. The number of aromatic amines is 1. The molecule has 28 heavy (non-hydrogen) atoms. The van der Waals surface area contributed by atoms with Crippen LogP contribution in [0.5, 0.6) is 0 Å². The van der Waals surface area contributed by atoms with Crippen LogP contribution in [0.2, 0.25) is 0 Å². The summed E-state index contributed by atoms with van der Waals surface area (Å²) in [5.74, 6) is 0.203. The largest absolute Gasteiger partial charge is 0.459 e. The van der Waals surface area contributed by atoms with Crippen LogP contribution in [0.25, 0.3) is 5.78 Å². The van der Waals surface area contributed by atoms with Gasteiger partial charge in [0.05, 0.1) is 12.8 Å². The fraction of sp³-hybridized carbons (Fsp3) is 0.158. The van der Waals surface area contributed by atoms with Crippen molar-refractivity contribution < 1.29 is 9.21 Å². The molecule has 0 fully saturated rings. The van der Waals surface area contributed by atoms with Gasteiger partial charge < -0.3 is 4.42 Å². The van der Waals surface area contributed by atoms with Gasteiger partial charge in [0.2, 0.25) is 5.95 Å². The van der Waals surface area contributed by atoms with Crippen molar-refractivity contribution >= 4 is 33.6 Å². The minimum atomic E-state index is -0.381. The predicted octanol–water partition coefficient (Wildman–Crippen LogP) is 3.24. The second-order valence-corrected chi connectivity index (χ2v) is 7.22. The Morgan fingerprint density at radius 3 is 2.64 bits per heavy atom. The Labute approximate surface area is 167 Å². The van der Waals surface area contributed by atoms with Crippen molar-refractivity contribution in [2.75, 3.05) is 4.90 Å². The topological polar surface area (TPSA) is 96.5 Å². The molecule has 3 aromatic heterocycles. The lowest BCUT2D eigenvalue weighted by Crippen LogP contribution is -2.31. The molecule has 3 heterocycles. The number of fused-ring (bicyclic) bond motifs is 1. The number of rotatable bonds is 4. The number of nitrogens with zero attached hydrogens (tertiary/aromatic N) is 4. The number of hydrogen-bond acceptors (Lipinski definition) is 5. The van der Waals surface area contributed by atoms with Crippen LogP contribution >= 0.6 is 15.9 Å². The molecule has 0 bridgehead atoms. The molecule has 0 unspecified atom stereocenters. The molecule has 0 aliphatic heterocycles. The van der Waals surface area contributed by atoms with Gasteiger partial charge in [-0.1, -0.05) is 28.1 Å². The van der Waals surface area contributed by atoms with Crippen molar-refractivity contribution in [3.8, 4) is 0 Å². The van der Waals surface area contributed by atoms with Crippen LogP contribution in [0, 0.1) is 13.8 Å². The normalized spacial score (nSPS) is 11.1. The van der Waals surface area contributed by atoms with Crippen LogP contribution in [0.4, 0.5) is 5.95 Å². The molecule has 9 heteroatoms. The number of amides is 1. The minimum Gasteiger partial charge on any atom is -0.459 e. The molecular weight excluding hydrogens is 426 g/mol. The van der Waals surface area contributed by atoms with Gasteiger partial charge in [-0.15, -0.1) is 0 Å². The average molecular weight is 442 g/mol. The molecule has 1 N–H and O–H groups in total. The van der Waals surface area contributed by atoms with E-state index in [9.17, 15) is 9.59 Å². The highest BCUT2D eigenvalue weighted by Gasteiger charge is 2.24. The molecule has 0 saturated carbocycles. The fourth-order valence-corrected chi connectivity index (χ4v) is 3.03. The first-order chi connectivity index (χ1) is 13.4. The van der Waals surface area contributed by atoms with Crippen molar-refractivity contribution in [2.45, 2.75) is 20.4 Å². The van der Waals surface area contributed by atoms with Crippen molar-refractivity contribution in [1.29, 1.82) is 0 Å². The Hall–Kier alpha value is -3.20. The lowest BCUT2D eigenvalue weighted by atomic mass is 10.2. The third-order valence-corrected chi connectivity index (χ3v) is 4.97. The number of furan rings is 1. The zero-order chi connectivity index (χ0) is 19.8. The maximum atomic E-state index is 13.0. The van der Waals surface area contributed by atoms with E-state index >= 15 is 0 Å². The number of halogens is 1. The van der Waals surface area contributed by atoms with Crippen LogP contribution in [0.15, 0.2) is 56.3 Å². The molecule has 0 atom stereocenters. The van der Waals surface area contributed by atoms with Gasteiger partial charge in [-0.05, 0) is 43.7 Å². The standard InChI is InChI=1S/C19H16BrN5O3/c1-11-12(2)21-18-22-19(23-25(18)16(11)26)24(17(27)15-4-3-9-28-15)10-13-5-7-14(20)8-6-13/h3-9H,10H2,1-2H3,(H,21,22,23). The number of hydrogen-bond donors (Lipinski definition) is 1. The molecule has 0 spiro atoms. The molecule has 142 valence electrons. The van der Waals surface area contributed by atoms with Crippen LogP contribution in [0.3, 0.4) is 0 Å². The molecule has 0 radical (unpaired) electrons. The van der Waals surface area contributed by atoms with Crippen LogP contribution < -0.4 is 10.5 Å². The highest BCUT2D eigenvalue weighted by Crippen LogP contribution is 2.19. The molecule has 1 aromatic carbocycles. The van der Waals surface area contributed by atoms with E-state index in [2.05, 4.69) is 31.0 Å². The molecule has 4 aromatic rings. The van der Waals surface area contributed by atoms with Crippen LogP contribution in [0.1, 0.15) is 27.4 Å². The van der Waals surface area contributed by atoms with Crippen LogP contribution in [-0.2, 0) is 6.54 Å². The molecule has 4 rings (SSSR count). The third-order valence-electron chi connectivity index (χ3n) is 4.44. The van der Waals surface area contributed by atoms with Gasteiger partial charge in [0, 0.05) is 15.7 Å². The monoisotopic (exact) mass is 441 g/mol.